The smallest absolute Gasteiger partial charge is 0.255 e. The summed E-state index contributed by atoms with van der Waals surface area (Å²) < 4.78 is 6.99. The van der Waals surface area contributed by atoms with Gasteiger partial charge in [-0.15, -0.1) is 0 Å². The van der Waals surface area contributed by atoms with Crippen LogP contribution in [0, 0.1) is 13.8 Å². The molecule has 0 aliphatic heterocycles. The van der Waals surface area contributed by atoms with E-state index in [0.717, 1.165) is 28.1 Å². The van der Waals surface area contributed by atoms with E-state index in [0.29, 0.717) is 22.8 Å². The summed E-state index contributed by atoms with van der Waals surface area (Å²) >= 11 is 0. The van der Waals surface area contributed by atoms with Crippen molar-refractivity contribution >= 4 is 23.3 Å². The van der Waals surface area contributed by atoms with Gasteiger partial charge in [-0.1, -0.05) is 42.0 Å². The second-order valence-electron chi connectivity index (χ2n) is 7.97. The maximum Gasteiger partial charge on any atom is 0.255 e. The molecule has 1 aromatic heterocycles. The molecule has 172 valence electrons. The van der Waals surface area contributed by atoms with Gasteiger partial charge in [0.1, 0.15) is 11.6 Å². The Morgan fingerprint density at radius 2 is 1.56 bits per heavy atom. The molecule has 0 saturated heterocycles. The van der Waals surface area contributed by atoms with E-state index in [1.54, 1.807) is 48.2 Å². The van der Waals surface area contributed by atoms with Gasteiger partial charge in [0, 0.05) is 18.1 Å². The first-order chi connectivity index (χ1) is 16.4. The van der Waals surface area contributed by atoms with Crippen LogP contribution in [0.25, 0.3) is 16.8 Å². The number of aryl methyl sites for hydroxylation is 2. The Balaban J connectivity index is 1.67. The van der Waals surface area contributed by atoms with E-state index in [-0.39, 0.29) is 11.8 Å². The lowest BCUT2D eigenvalue weighted by atomic mass is 10.0. The van der Waals surface area contributed by atoms with Crippen LogP contribution in [-0.2, 0) is 4.79 Å². The lowest BCUT2D eigenvalue weighted by Crippen LogP contribution is -2.14. The van der Waals surface area contributed by atoms with Crippen molar-refractivity contribution in [2.45, 2.75) is 20.8 Å². The summed E-state index contributed by atoms with van der Waals surface area (Å²) in [6, 6.07) is 22.4. The zero-order chi connectivity index (χ0) is 24.2. The van der Waals surface area contributed by atoms with Gasteiger partial charge in [0.15, 0.2) is 0 Å². The molecule has 0 aliphatic rings. The van der Waals surface area contributed by atoms with E-state index >= 15 is 0 Å². The highest BCUT2D eigenvalue weighted by molar-refractivity contribution is 6.05. The number of hydrogen-bond donors (Lipinski definition) is 2. The summed E-state index contributed by atoms with van der Waals surface area (Å²) in [6.45, 7) is 5.41. The SMILES string of the molecule is COc1ccccc1NC(=O)c1ccc(-n2nc(C)c(-c3ccc(C)cc3)c2NC(C)=O)cc1. The highest BCUT2D eigenvalue weighted by atomic mass is 16.5. The summed E-state index contributed by atoms with van der Waals surface area (Å²) in [5.74, 6) is 0.723. The summed E-state index contributed by atoms with van der Waals surface area (Å²) in [7, 11) is 1.56. The van der Waals surface area contributed by atoms with Gasteiger partial charge >= 0.3 is 0 Å². The summed E-state index contributed by atoms with van der Waals surface area (Å²) in [4.78, 5) is 24.8. The number of nitrogens with one attached hydrogen (secondary N) is 2. The number of anilines is 2. The van der Waals surface area contributed by atoms with Crippen molar-refractivity contribution in [3.63, 3.8) is 0 Å². The van der Waals surface area contributed by atoms with Crippen molar-refractivity contribution in [2.75, 3.05) is 17.7 Å². The van der Waals surface area contributed by atoms with Crippen LogP contribution in [0.3, 0.4) is 0 Å². The number of benzene rings is 3. The standard InChI is InChI=1S/C27H26N4O3/c1-17-9-11-20(12-10-17)25-18(2)30-31(26(25)28-19(3)32)22-15-13-21(14-16-22)27(33)29-23-7-5-6-8-24(23)34-4/h5-16H,1-4H3,(H,28,32)(H,29,33). The van der Waals surface area contributed by atoms with Crippen molar-refractivity contribution in [2.24, 2.45) is 0 Å². The Hall–Kier alpha value is -4.39. The molecule has 0 bridgehead atoms. The maximum absolute atomic E-state index is 12.8. The second kappa shape index (κ2) is 9.62. The summed E-state index contributed by atoms with van der Waals surface area (Å²) in [5.41, 5.74) is 5.55. The summed E-state index contributed by atoms with van der Waals surface area (Å²) in [6.07, 6.45) is 0. The van der Waals surface area contributed by atoms with Gasteiger partial charge in [0.2, 0.25) is 5.91 Å². The molecule has 1 heterocycles. The minimum absolute atomic E-state index is 0.192. The largest absolute Gasteiger partial charge is 0.495 e. The van der Waals surface area contributed by atoms with E-state index in [4.69, 9.17) is 4.74 Å². The van der Waals surface area contributed by atoms with Crippen molar-refractivity contribution in [1.82, 2.24) is 9.78 Å². The molecule has 2 N–H and O–H groups in total. The van der Waals surface area contributed by atoms with Crippen LogP contribution in [0.5, 0.6) is 5.75 Å². The lowest BCUT2D eigenvalue weighted by Gasteiger charge is -2.12. The number of carbonyl (C=O) groups is 2. The molecule has 4 rings (SSSR count). The predicted molar refractivity (Wildman–Crippen MR) is 134 cm³/mol. The minimum atomic E-state index is -0.255. The molecule has 0 spiro atoms. The van der Waals surface area contributed by atoms with Crippen molar-refractivity contribution in [3.05, 3.63) is 89.6 Å². The fourth-order valence-electron chi connectivity index (χ4n) is 3.76. The first-order valence-corrected chi connectivity index (χ1v) is 10.9. The highest BCUT2D eigenvalue weighted by Gasteiger charge is 2.19. The third-order valence-corrected chi connectivity index (χ3v) is 5.42. The number of aromatic nitrogens is 2. The van der Waals surface area contributed by atoms with E-state index < -0.39 is 0 Å². The molecular weight excluding hydrogens is 428 g/mol. The number of amides is 2. The van der Waals surface area contributed by atoms with Crippen LogP contribution >= 0.6 is 0 Å². The zero-order valence-electron chi connectivity index (χ0n) is 19.5. The topological polar surface area (TPSA) is 85.2 Å². The van der Waals surface area contributed by atoms with Crippen LogP contribution in [0.1, 0.15) is 28.5 Å². The number of methoxy groups -OCH3 is 1. The van der Waals surface area contributed by atoms with Gasteiger partial charge in [-0.05, 0) is 55.8 Å². The van der Waals surface area contributed by atoms with Gasteiger partial charge < -0.3 is 15.4 Å². The van der Waals surface area contributed by atoms with E-state index in [1.807, 2.05) is 50.2 Å². The fraction of sp³-hybridized carbons (Fsp3) is 0.148. The Bertz CT molecular complexity index is 1340. The molecular formula is C27H26N4O3. The monoisotopic (exact) mass is 454 g/mol. The Kier molecular flexibility index (Phi) is 6.45. The van der Waals surface area contributed by atoms with Gasteiger partial charge in [-0.25, -0.2) is 4.68 Å². The molecule has 0 aliphatic carbocycles. The molecule has 0 saturated carbocycles. The molecule has 7 heteroatoms. The van der Waals surface area contributed by atoms with Crippen LogP contribution in [0.4, 0.5) is 11.5 Å². The van der Waals surface area contributed by atoms with Gasteiger partial charge in [-0.3, -0.25) is 9.59 Å². The number of hydrogen-bond acceptors (Lipinski definition) is 4. The fourth-order valence-corrected chi connectivity index (χ4v) is 3.76. The van der Waals surface area contributed by atoms with Crippen molar-refractivity contribution in [3.8, 4) is 22.6 Å². The molecule has 0 fully saturated rings. The van der Waals surface area contributed by atoms with E-state index in [1.165, 1.54) is 6.92 Å². The van der Waals surface area contributed by atoms with E-state index in [9.17, 15) is 9.59 Å². The quantitative estimate of drug-likeness (QED) is 0.410. The lowest BCUT2D eigenvalue weighted by molar-refractivity contribution is -0.114. The molecule has 3 aromatic carbocycles. The first kappa shape index (κ1) is 22.8. The number of para-hydroxylation sites is 2. The van der Waals surface area contributed by atoms with Crippen LogP contribution < -0.4 is 15.4 Å². The molecule has 7 nitrogen and oxygen atoms in total. The third kappa shape index (κ3) is 4.68. The van der Waals surface area contributed by atoms with Crippen LogP contribution in [0.2, 0.25) is 0 Å². The molecule has 0 radical (unpaired) electrons. The Morgan fingerprint density at radius 1 is 0.882 bits per heavy atom. The molecule has 0 unspecified atom stereocenters. The number of nitrogens with zero attached hydrogens (tertiary/aromatic N) is 2. The number of rotatable bonds is 6. The van der Waals surface area contributed by atoms with Crippen molar-refractivity contribution < 1.29 is 14.3 Å². The first-order valence-electron chi connectivity index (χ1n) is 10.9. The highest BCUT2D eigenvalue weighted by Crippen LogP contribution is 2.34. The minimum Gasteiger partial charge on any atom is -0.495 e. The van der Waals surface area contributed by atoms with E-state index in [2.05, 4.69) is 15.7 Å². The predicted octanol–water partition coefficient (Wildman–Crippen LogP) is 5.38. The van der Waals surface area contributed by atoms with Crippen LogP contribution in [-0.4, -0.2) is 28.7 Å². The van der Waals surface area contributed by atoms with Crippen LogP contribution in [0.15, 0.2) is 72.8 Å². The number of carbonyl (C=O) groups excluding carboxylic acids is 2. The third-order valence-electron chi connectivity index (χ3n) is 5.42. The normalized spacial score (nSPS) is 10.6. The zero-order valence-corrected chi connectivity index (χ0v) is 19.5. The van der Waals surface area contributed by atoms with Gasteiger partial charge in [0.05, 0.1) is 24.2 Å². The Labute approximate surface area is 198 Å². The van der Waals surface area contributed by atoms with Gasteiger partial charge in [0.25, 0.3) is 5.91 Å². The van der Waals surface area contributed by atoms with Crippen molar-refractivity contribution in [1.29, 1.82) is 0 Å². The number of ether oxygens (including phenoxy) is 1. The maximum atomic E-state index is 12.8. The molecule has 0 atom stereocenters. The molecule has 4 aromatic rings. The van der Waals surface area contributed by atoms with Gasteiger partial charge in [-0.2, -0.15) is 5.10 Å². The summed E-state index contributed by atoms with van der Waals surface area (Å²) in [5, 5.41) is 10.5. The second-order valence-corrected chi connectivity index (χ2v) is 7.97. The molecule has 34 heavy (non-hydrogen) atoms. The molecule has 2 amide bonds. The Morgan fingerprint density at radius 3 is 2.21 bits per heavy atom. The average molecular weight is 455 g/mol. The average Bonchev–Trinajstić information content (AvgIpc) is 3.15.